The van der Waals surface area contributed by atoms with E-state index in [1.54, 1.807) is 16.3 Å². The second-order valence-electron chi connectivity index (χ2n) is 12.1. The number of benzene rings is 2. The lowest BCUT2D eigenvalue weighted by atomic mass is 9.90. The van der Waals surface area contributed by atoms with E-state index in [1.165, 1.54) is 16.8 Å². The van der Waals surface area contributed by atoms with Crippen molar-refractivity contribution in [2.24, 2.45) is 13.0 Å². The first-order chi connectivity index (χ1) is 19.9. The van der Waals surface area contributed by atoms with Gasteiger partial charge in [0.25, 0.3) is 10.0 Å². The Morgan fingerprint density at radius 3 is 2.36 bits per heavy atom. The number of piperidine rings is 1. The summed E-state index contributed by atoms with van der Waals surface area (Å²) in [5, 5.41) is 10.9. The van der Waals surface area contributed by atoms with Crippen molar-refractivity contribution >= 4 is 27.6 Å². The largest absolute Gasteiger partial charge is 0.339 e. The molecule has 2 aromatic carbocycles. The van der Waals surface area contributed by atoms with Crippen molar-refractivity contribution in [2.45, 2.75) is 57.4 Å². The molecule has 11 heteroatoms. The number of nitrogens with zero attached hydrogens (tertiary/aromatic N) is 5. The quantitative estimate of drug-likeness (QED) is 0.296. The maximum Gasteiger partial charge on any atom is 0.324 e. The minimum atomic E-state index is -3.60. The number of para-hydroxylation sites is 1. The van der Waals surface area contributed by atoms with Crippen LogP contribution >= 0.6 is 0 Å². The Bertz CT molecular complexity index is 1660. The van der Waals surface area contributed by atoms with Gasteiger partial charge < -0.3 is 9.88 Å². The summed E-state index contributed by atoms with van der Waals surface area (Å²) >= 11 is 0. The number of urea groups is 1. The third-order valence-electron chi connectivity index (χ3n) is 7.63. The van der Waals surface area contributed by atoms with Crippen LogP contribution in [0.3, 0.4) is 0 Å². The molecular weight excluding hydrogens is 550 g/mol. The van der Waals surface area contributed by atoms with E-state index in [0.29, 0.717) is 24.8 Å². The van der Waals surface area contributed by atoms with Gasteiger partial charge in [-0.2, -0.15) is 9.40 Å². The first kappa shape index (κ1) is 29.5. The van der Waals surface area contributed by atoms with Gasteiger partial charge in [-0.3, -0.25) is 5.32 Å². The smallest absolute Gasteiger partial charge is 0.324 e. The van der Waals surface area contributed by atoms with Crippen molar-refractivity contribution in [3.05, 3.63) is 83.9 Å². The number of aryl methyl sites for hydroxylation is 2. The first-order valence-corrected chi connectivity index (χ1v) is 15.7. The van der Waals surface area contributed by atoms with Crippen molar-refractivity contribution in [1.29, 1.82) is 0 Å². The lowest BCUT2D eigenvalue weighted by Gasteiger charge is -2.31. The van der Waals surface area contributed by atoms with Gasteiger partial charge in [-0.25, -0.2) is 22.9 Å². The van der Waals surface area contributed by atoms with E-state index in [9.17, 15) is 13.2 Å². The van der Waals surface area contributed by atoms with Gasteiger partial charge in [-0.15, -0.1) is 0 Å². The SMILES string of the molecule is Cc1ccc(-n2nc(C(C)(C)C)cc2NC(=O)Nc2ccccc2CC2CCN(S(=O)(=O)c3cn(C)cn3)CC2)cc1. The Morgan fingerprint density at radius 2 is 1.71 bits per heavy atom. The lowest BCUT2D eigenvalue weighted by Crippen LogP contribution is -2.39. The number of hydrogen-bond acceptors (Lipinski definition) is 5. The fraction of sp³-hybridized carbons (Fsp3) is 0.387. The molecule has 222 valence electrons. The maximum absolute atomic E-state index is 13.3. The topological polar surface area (TPSA) is 114 Å². The molecule has 0 atom stereocenters. The van der Waals surface area contributed by atoms with Crippen molar-refractivity contribution in [2.75, 3.05) is 23.7 Å². The summed E-state index contributed by atoms with van der Waals surface area (Å²) in [6, 6.07) is 17.3. The molecule has 42 heavy (non-hydrogen) atoms. The fourth-order valence-corrected chi connectivity index (χ4v) is 6.56. The molecule has 1 saturated heterocycles. The number of hydrogen-bond donors (Lipinski definition) is 2. The highest BCUT2D eigenvalue weighted by Crippen LogP contribution is 2.29. The second-order valence-corrected chi connectivity index (χ2v) is 14.0. The Labute approximate surface area is 247 Å². The highest BCUT2D eigenvalue weighted by molar-refractivity contribution is 7.89. The highest BCUT2D eigenvalue weighted by Gasteiger charge is 2.31. The summed E-state index contributed by atoms with van der Waals surface area (Å²) in [4.78, 5) is 17.3. The molecule has 0 spiro atoms. The number of sulfonamides is 1. The van der Waals surface area contributed by atoms with Gasteiger partial charge in [0.15, 0.2) is 5.03 Å². The van der Waals surface area contributed by atoms with E-state index in [1.807, 2.05) is 61.5 Å². The molecule has 2 N–H and O–H groups in total. The third kappa shape index (κ3) is 6.57. The summed E-state index contributed by atoms with van der Waals surface area (Å²) in [7, 11) is -1.84. The molecule has 2 amide bonds. The molecule has 3 heterocycles. The van der Waals surface area contributed by atoms with Crippen LogP contribution in [-0.4, -0.2) is 51.2 Å². The van der Waals surface area contributed by atoms with Crippen LogP contribution < -0.4 is 10.6 Å². The molecule has 0 unspecified atom stereocenters. The summed E-state index contributed by atoms with van der Waals surface area (Å²) in [5.74, 6) is 0.878. The minimum Gasteiger partial charge on any atom is -0.339 e. The molecule has 5 rings (SSSR count). The standard InChI is InChI=1S/C31H39N7O3S/c1-22-10-12-25(13-11-22)38-28(19-27(35-38)31(2,3)4)34-30(39)33-26-9-7-6-8-24(26)18-23-14-16-37(17-15-23)42(40,41)29-20-36(5)21-32-29/h6-13,19-21,23H,14-18H2,1-5H3,(H2,33,34,39). The van der Waals surface area contributed by atoms with Crippen molar-refractivity contribution in [3.63, 3.8) is 0 Å². The zero-order valence-electron chi connectivity index (χ0n) is 24.8. The number of aromatic nitrogens is 4. The van der Waals surface area contributed by atoms with Gasteiger partial charge in [0.2, 0.25) is 0 Å². The number of anilines is 2. The monoisotopic (exact) mass is 589 g/mol. The Kier molecular flexibility index (Phi) is 8.25. The number of rotatable bonds is 7. The summed E-state index contributed by atoms with van der Waals surface area (Å²) < 4.78 is 30.9. The molecule has 10 nitrogen and oxygen atoms in total. The molecule has 1 aliphatic heterocycles. The Balaban J connectivity index is 1.26. The molecule has 4 aromatic rings. The van der Waals surface area contributed by atoms with E-state index in [4.69, 9.17) is 5.10 Å². The molecule has 0 saturated carbocycles. The van der Waals surface area contributed by atoms with E-state index in [0.717, 1.165) is 47.5 Å². The van der Waals surface area contributed by atoms with Crippen molar-refractivity contribution in [3.8, 4) is 5.69 Å². The first-order valence-electron chi connectivity index (χ1n) is 14.2. The van der Waals surface area contributed by atoms with Crippen LogP contribution in [-0.2, 0) is 28.9 Å². The predicted molar refractivity (Wildman–Crippen MR) is 164 cm³/mol. The lowest BCUT2D eigenvalue weighted by molar-refractivity contribution is 0.261. The molecule has 0 aliphatic carbocycles. The van der Waals surface area contributed by atoms with Gasteiger partial charge in [0.05, 0.1) is 17.7 Å². The van der Waals surface area contributed by atoms with E-state index in [2.05, 4.69) is 36.4 Å². The Morgan fingerprint density at radius 1 is 1.02 bits per heavy atom. The summed E-state index contributed by atoms with van der Waals surface area (Å²) in [5.41, 5.74) is 4.43. The zero-order valence-corrected chi connectivity index (χ0v) is 25.6. The Hall–Kier alpha value is -3.96. The van der Waals surface area contributed by atoms with Crippen LogP contribution in [0.5, 0.6) is 0 Å². The van der Waals surface area contributed by atoms with Crippen LogP contribution in [0.2, 0.25) is 0 Å². The third-order valence-corrected chi connectivity index (χ3v) is 9.42. The van der Waals surface area contributed by atoms with Gasteiger partial charge in [-0.1, -0.05) is 56.7 Å². The van der Waals surface area contributed by atoms with Crippen molar-refractivity contribution in [1.82, 2.24) is 23.6 Å². The van der Waals surface area contributed by atoms with Gasteiger partial charge >= 0.3 is 6.03 Å². The predicted octanol–water partition coefficient (Wildman–Crippen LogP) is 5.50. The van der Waals surface area contributed by atoms with E-state index in [-0.39, 0.29) is 16.5 Å². The normalized spacial score (nSPS) is 15.1. The number of carbonyl (C=O) groups is 1. The number of carbonyl (C=O) groups excluding carboxylic acids is 1. The minimum absolute atomic E-state index is 0.0855. The molecule has 0 radical (unpaired) electrons. The molecule has 0 bridgehead atoms. The number of nitrogens with one attached hydrogen (secondary N) is 2. The van der Waals surface area contributed by atoms with Crippen molar-refractivity contribution < 1.29 is 13.2 Å². The van der Waals surface area contributed by atoms with Crippen LogP contribution in [0.4, 0.5) is 16.3 Å². The van der Waals surface area contributed by atoms with Crippen LogP contribution in [0.1, 0.15) is 50.4 Å². The van der Waals surface area contributed by atoms with E-state index < -0.39 is 10.0 Å². The van der Waals surface area contributed by atoms with Crippen LogP contribution in [0.15, 0.2) is 72.1 Å². The van der Waals surface area contributed by atoms with Gasteiger partial charge in [0.1, 0.15) is 5.82 Å². The molecule has 2 aromatic heterocycles. The van der Waals surface area contributed by atoms with Gasteiger partial charge in [-0.05, 0) is 55.9 Å². The second kappa shape index (κ2) is 11.7. The molecule has 1 fully saturated rings. The van der Waals surface area contributed by atoms with Gasteiger partial charge in [0, 0.05) is 43.5 Å². The number of imidazole rings is 1. The van der Waals surface area contributed by atoms with Crippen LogP contribution in [0.25, 0.3) is 5.69 Å². The highest BCUT2D eigenvalue weighted by atomic mass is 32.2. The average Bonchev–Trinajstić information content (AvgIpc) is 3.57. The number of amides is 2. The average molecular weight is 590 g/mol. The summed E-state index contributed by atoms with van der Waals surface area (Å²) in [6.07, 6.45) is 5.24. The van der Waals surface area contributed by atoms with Crippen LogP contribution in [0, 0.1) is 12.8 Å². The zero-order chi connectivity index (χ0) is 30.1. The van der Waals surface area contributed by atoms with E-state index >= 15 is 0 Å². The fourth-order valence-electron chi connectivity index (χ4n) is 5.13. The maximum atomic E-state index is 13.3. The molecular formula is C31H39N7O3S. The molecule has 1 aliphatic rings. The summed E-state index contributed by atoms with van der Waals surface area (Å²) in [6.45, 7) is 9.19.